The Labute approximate surface area is 128 Å². The van der Waals surface area contributed by atoms with Crippen LogP contribution in [0, 0.1) is 0 Å². The van der Waals surface area contributed by atoms with Gasteiger partial charge in [0.25, 0.3) is 0 Å². The van der Waals surface area contributed by atoms with Crippen LogP contribution in [0.25, 0.3) is 10.8 Å². The molecular formula is C14H14BrF3N2O. The lowest BCUT2D eigenvalue weighted by molar-refractivity contribution is -0.119. The molecule has 3 nitrogen and oxygen atoms in total. The van der Waals surface area contributed by atoms with Gasteiger partial charge in [-0.25, -0.2) is 4.98 Å². The number of alkyl halides is 4. The van der Waals surface area contributed by atoms with Crippen molar-refractivity contribution < 1.29 is 17.9 Å². The smallest absolute Gasteiger partial charge is 0.405 e. The SMILES string of the molecule is COc1cccc2c(N(CCBr)CC(F)(F)F)nccc12. The maximum absolute atomic E-state index is 12.8. The van der Waals surface area contributed by atoms with Gasteiger partial charge in [-0.1, -0.05) is 28.1 Å². The van der Waals surface area contributed by atoms with E-state index in [0.717, 1.165) is 5.39 Å². The van der Waals surface area contributed by atoms with E-state index in [1.165, 1.54) is 18.2 Å². The number of pyridine rings is 1. The second kappa shape index (κ2) is 6.51. The Morgan fingerprint density at radius 2 is 2.00 bits per heavy atom. The van der Waals surface area contributed by atoms with Crippen molar-refractivity contribution in [2.75, 3.05) is 30.4 Å². The second-order valence-electron chi connectivity index (χ2n) is 4.42. The highest BCUT2D eigenvalue weighted by Crippen LogP contribution is 2.32. The summed E-state index contributed by atoms with van der Waals surface area (Å²) in [5.74, 6) is 0.921. The molecular weight excluding hydrogens is 349 g/mol. The van der Waals surface area contributed by atoms with Crippen molar-refractivity contribution in [2.45, 2.75) is 6.18 Å². The number of halogens is 4. The summed E-state index contributed by atoms with van der Waals surface area (Å²) in [6, 6.07) is 6.99. The van der Waals surface area contributed by atoms with Gasteiger partial charge in [0.2, 0.25) is 0 Å². The lowest BCUT2D eigenvalue weighted by atomic mass is 10.1. The average molecular weight is 363 g/mol. The van der Waals surface area contributed by atoms with Crippen LogP contribution < -0.4 is 9.64 Å². The van der Waals surface area contributed by atoms with E-state index < -0.39 is 12.7 Å². The van der Waals surface area contributed by atoms with Crippen molar-refractivity contribution in [1.82, 2.24) is 4.98 Å². The third-order valence-corrected chi connectivity index (χ3v) is 3.34. The second-order valence-corrected chi connectivity index (χ2v) is 5.21. The average Bonchev–Trinajstić information content (AvgIpc) is 2.44. The first-order chi connectivity index (χ1) is 9.96. The van der Waals surface area contributed by atoms with Gasteiger partial charge in [0, 0.05) is 28.8 Å². The standard InChI is InChI=1S/C14H14BrF3N2O/c1-21-12-4-2-3-11-10(12)5-7-19-13(11)20(8-6-15)9-14(16,17)18/h2-5,7H,6,8-9H2,1H3. The summed E-state index contributed by atoms with van der Waals surface area (Å²) in [5, 5.41) is 1.80. The van der Waals surface area contributed by atoms with Crippen LogP contribution in [-0.2, 0) is 0 Å². The monoisotopic (exact) mass is 362 g/mol. The van der Waals surface area contributed by atoms with E-state index in [9.17, 15) is 13.2 Å². The van der Waals surface area contributed by atoms with Gasteiger partial charge in [0.1, 0.15) is 18.1 Å². The van der Waals surface area contributed by atoms with Gasteiger partial charge in [0.05, 0.1) is 7.11 Å². The van der Waals surface area contributed by atoms with E-state index in [4.69, 9.17) is 4.74 Å². The van der Waals surface area contributed by atoms with Crippen LogP contribution in [0.2, 0.25) is 0 Å². The van der Waals surface area contributed by atoms with Crippen LogP contribution >= 0.6 is 15.9 Å². The first kappa shape index (κ1) is 15.9. The van der Waals surface area contributed by atoms with Crippen LogP contribution in [0.5, 0.6) is 5.75 Å². The van der Waals surface area contributed by atoms with Gasteiger partial charge < -0.3 is 9.64 Å². The zero-order chi connectivity index (χ0) is 15.5. The number of anilines is 1. The Bertz CT molecular complexity index is 619. The highest BCUT2D eigenvalue weighted by molar-refractivity contribution is 9.09. The molecule has 0 amide bonds. The number of hydrogen-bond donors (Lipinski definition) is 0. The molecule has 114 valence electrons. The number of nitrogens with zero attached hydrogens (tertiary/aromatic N) is 2. The summed E-state index contributed by atoms with van der Waals surface area (Å²) >= 11 is 3.19. The summed E-state index contributed by atoms with van der Waals surface area (Å²) in [6.07, 6.45) is -2.79. The fraction of sp³-hybridized carbons (Fsp3) is 0.357. The molecule has 0 unspecified atom stereocenters. The van der Waals surface area contributed by atoms with Crippen LogP contribution in [0.15, 0.2) is 30.5 Å². The molecule has 0 saturated carbocycles. The largest absolute Gasteiger partial charge is 0.496 e. The van der Waals surface area contributed by atoms with E-state index in [0.29, 0.717) is 22.3 Å². The first-order valence-corrected chi connectivity index (χ1v) is 7.38. The number of rotatable bonds is 5. The zero-order valence-corrected chi connectivity index (χ0v) is 12.9. The Balaban J connectivity index is 2.52. The fourth-order valence-electron chi connectivity index (χ4n) is 2.17. The van der Waals surface area contributed by atoms with Gasteiger partial charge in [-0.05, 0) is 12.1 Å². The Hall–Kier alpha value is -1.50. The number of benzene rings is 1. The van der Waals surface area contributed by atoms with Crippen LogP contribution in [0.4, 0.5) is 19.0 Å². The van der Waals surface area contributed by atoms with Crippen molar-refractivity contribution in [3.05, 3.63) is 30.5 Å². The summed E-state index contributed by atoms with van der Waals surface area (Å²) in [6.45, 7) is -0.829. The van der Waals surface area contributed by atoms with Gasteiger partial charge >= 0.3 is 6.18 Å². The molecule has 0 radical (unpaired) electrons. The highest BCUT2D eigenvalue weighted by Gasteiger charge is 2.31. The third-order valence-electron chi connectivity index (χ3n) is 2.99. The molecule has 0 aliphatic rings. The van der Waals surface area contributed by atoms with Crippen LogP contribution in [-0.4, -0.2) is 36.7 Å². The molecule has 0 saturated heterocycles. The molecule has 0 aliphatic carbocycles. The lowest BCUT2D eigenvalue weighted by Gasteiger charge is -2.25. The van der Waals surface area contributed by atoms with Crippen molar-refractivity contribution in [3.8, 4) is 5.75 Å². The molecule has 0 atom stereocenters. The van der Waals surface area contributed by atoms with E-state index in [1.807, 2.05) is 0 Å². The minimum absolute atomic E-state index is 0.211. The van der Waals surface area contributed by atoms with E-state index >= 15 is 0 Å². The quantitative estimate of drug-likeness (QED) is 0.751. The molecule has 7 heteroatoms. The number of aromatic nitrogens is 1. The predicted molar refractivity (Wildman–Crippen MR) is 80.4 cm³/mol. The van der Waals surface area contributed by atoms with Gasteiger partial charge in [-0.2, -0.15) is 13.2 Å². The number of ether oxygens (including phenoxy) is 1. The molecule has 1 aromatic carbocycles. The fourth-order valence-corrected chi connectivity index (χ4v) is 2.60. The minimum atomic E-state index is -4.29. The molecule has 0 spiro atoms. The highest BCUT2D eigenvalue weighted by atomic mass is 79.9. The molecule has 0 fully saturated rings. The topological polar surface area (TPSA) is 25.4 Å². The third kappa shape index (κ3) is 3.78. The Morgan fingerprint density at radius 3 is 2.62 bits per heavy atom. The molecule has 2 rings (SSSR count). The lowest BCUT2D eigenvalue weighted by Crippen LogP contribution is -2.36. The van der Waals surface area contributed by atoms with Crippen LogP contribution in [0.3, 0.4) is 0 Å². The number of methoxy groups -OCH3 is 1. The van der Waals surface area contributed by atoms with Crippen molar-refractivity contribution in [1.29, 1.82) is 0 Å². The van der Waals surface area contributed by atoms with Crippen molar-refractivity contribution >= 4 is 32.5 Å². The zero-order valence-electron chi connectivity index (χ0n) is 11.3. The molecule has 1 heterocycles. The summed E-state index contributed by atoms with van der Waals surface area (Å²) in [4.78, 5) is 5.35. The molecule has 1 aromatic heterocycles. The Morgan fingerprint density at radius 1 is 1.24 bits per heavy atom. The van der Waals surface area contributed by atoms with Gasteiger partial charge in [0.15, 0.2) is 0 Å². The molecule has 0 N–H and O–H groups in total. The number of hydrogen-bond acceptors (Lipinski definition) is 3. The predicted octanol–water partition coefficient (Wildman–Crippen LogP) is 4.01. The van der Waals surface area contributed by atoms with Crippen molar-refractivity contribution in [2.24, 2.45) is 0 Å². The van der Waals surface area contributed by atoms with E-state index in [2.05, 4.69) is 20.9 Å². The summed E-state index contributed by atoms with van der Waals surface area (Å²) in [5.41, 5.74) is 0. The van der Waals surface area contributed by atoms with Crippen molar-refractivity contribution in [3.63, 3.8) is 0 Å². The van der Waals surface area contributed by atoms with E-state index in [-0.39, 0.29) is 6.54 Å². The summed E-state index contributed by atoms with van der Waals surface area (Å²) in [7, 11) is 1.53. The molecule has 2 aromatic rings. The maximum atomic E-state index is 12.8. The Kier molecular flexibility index (Phi) is 4.92. The molecule has 0 aliphatic heterocycles. The van der Waals surface area contributed by atoms with Crippen LogP contribution in [0.1, 0.15) is 0 Å². The number of fused-ring (bicyclic) bond motifs is 1. The molecule has 0 bridgehead atoms. The maximum Gasteiger partial charge on any atom is 0.405 e. The van der Waals surface area contributed by atoms with E-state index in [1.54, 1.807) is 24.3 Å². The van der Waals surface area contributed by atoms with Gasteiger partial charge in [-0.3, -0.25) is 0 Å². The normalized spacial score (nSPS) is 11.7. The molecule has 21 heavy (non-hydrogen) atoms. The summed E-state index contributed by atoms with van der Waals surface area (Å²) < 4.78 is 43.5. The minimum Gasteiger partial charge on any atom is -0.496 e. The first-order valence-electron chi connectivity index (χ1n) is 6.25. The van der Waals surface area contributed by atoms with Gasteiger partial charge in [-0.15, -0.1) is 0 Å².